The number of nitrogens with one attached hydrogen (secondary N) is 1. The number of carboxylic acid groups (broad SMARTS) is 1. The third-order valence-corrected chi connectivity index (χ3v) is 2.80. The SMILES string of the molecule is O=C(O)c1ccc2cccc3c2c1C=CN3. The zero-order chi connectivity index (χ0) is 11.1. The van der Waals surface area contributed by atoms with Crippen LogP contribution in [0.3, 0.4) is 0 Å². The van der Waals surface area contributed by atoms with Gasteiger partial charge in [-0.2, -0.15) is 0 Å². The van der Waals surface area contributed by atoms with E-state index in [4.69, 9.17) is 5.11 Å². The lowest BCUT2D eigenvalue weighted by molar-refractivity contribution is 0.0697. The second-order valence-corrected chi connectivity index (χ2v) is 3.71. The molecular formula is C13H9NO2. The molecule has 0 amide bonds. The van der Waals surface area contributed by atoms with Crippen LogP contribution in [-0.2, 0) is 0 Å². The Morgan fingerprint density at radius 1 is 1.19 bits per heavy atom. The lowest BCUT2D eigenvalue weighted by Gasteiger charge is -2.15. The Morgan fingerprint density at radius 2 is 2.06 bits per heavy atom. The third kappa shape index (κ3) is 1.11. The van der Waals surface area contributed by atoms with Gasteiger partial charge in [-0.15, -0.1) is 0 Å². The van der Waals surface area contributed by atoms with Gasteiger partial charge in [0.1, 0.15) is 0 Å². The van der Waals surface area contributed by atoms with Crippen molar-refractivity contribution in [3.63, 3.8) is 0 Å². The fourth-order valence-electron chi connectivity index (χ4n) is 2.10. The molecule has 0 atom stereocenters. The van der Waals surface area contributed by atoms with Crippen molar-refractivity contribution < 1.29 is 9.90 Å². The summed E-state index contributed by atoms with van der Waals surface area (Å²) in [4.78, 5) is 11.1. The Kier molecular flexibility index (Phi) is 1.74. The highest BCUT2D eigenvalue weighted by Gasteiger charge is 2.15. The Bertz CT molecular complexity index is 629. The van der Waals surface area contributed by atoms with E-state index in [1.807, 2.05) is 24.3 Å². The number of carbonyl (C=O) groups is 1. The molecule has 0 aromatic heterocycles. The van der Waals surface area contributed by atoms with E-state index in [0.29, 0.717) is 5.56 Å². The highest BCUT2D eigenvalue weighted by atomic mass is 16.4. The largest absolute Gasteiger partial charge is 0.478 e. The van der Waals surface area contributed by atoms with Crippen molar-refractivity contribution in [1.82, 2.24) is 0 Å². The molecule has 0 unspecified atom stereocenters. The van der Waals surface area contributed by atoms with Gasteiger partial charge in [0, 0.05) is 22.8 Å². The number of benzene rings is 2. The molecule has 0 bridgehead atoms. The zero-order valence-corrected chi connectivity index (χ0v) is 8.40. The van der Waals surface area contributed by atoms with Crippen LogP contribution in [0.2, 0.25) is 0 Å². The van der Waals surface area contributed by atoms with E-state index in [2.05, 4.69) is 5.32 Å². The van der Waals surface area contributed by atoms with Crippen LogP contribution in [0.1, 0.15) is 15.9 Å². The quantitative estimate of drug-likeness (QED) is 0.762. The second kappa shape index (κ2) is 3.10. The molecule has 0 radical (unpaired) electrons. The third-order valence-electron chi connectivity index (χ3n) is 2.80. The van der Waals surface area contributed by atoms with Gasteiger partial charge in [-0.1, -0.05) is 18.2 Å². The van der Waals surface area contributed by atoms with E-state index in [9.17, 15) is 4.79 Å². The Morgan fingerprint density at radius 3 is 2.88 bits per heavy atom. The summed E-state index contributed by atoms with van der Waals surface area (Å²) in [6.07, 6.45) is 3.57. The van der Waals surface area contributed by atoms with Gasteiger partial charge in [-0.25, -0.2) is 4.79 Å². The molecule has 0 saturated carbocycles. The van der Waals surface area contributed by atoms with E-state index < -0.39 is 5.97 Å². The molecule has 0 fully saturated rings. The van der Waals surface area contributed by atoms with Gasteiger partial charge in [-0.3, -0.25) is 0 Å². The topological polar surface area (TPSA) is 49.3 Å². The average molecular weight is 211 g/mol. The molecule has 0 spiro atoms. The fourth-order valence-corrected chi connectivity index (χ4v) is 2.10. The van der Waals surface area contributed by atoms with E-state index in [1.165, 1.54) is 0 Å². The molecule has 0 saturated heterocycles. The highest BCUT2D eigenvalue weighted by molar-refractivity contribution is 6.08. The summed E-state index contributed by atoms with van der Waals surface area (Å²) in [6.45, 7) is 0. The minimum atomic E-state index is -0.891. The molecule has 2 aromatic rings. The summed E-state index contributed by atoms with van der Waals surface area (Å²) in [5, 5.41) is 14.3. The van der Waals surface area contributed by atoms with Crippen LogP contribution in [0.5, 0.6) is 0 Å². The summed E-state index contributed by atoms with van der Waals surface area (Å²) in [5.74, 6) is -0.891. The van der Waals surface area contributed by atoms with E-state index in [-0.39, 0.29) is 0 Å². The average Bonchev–Trinajstić information content (AvgIpc) is 2.30. The number of hydrogen-bond donors (Lipinski definition) is 2. The minimum Gasteiger partial charge on any atom is -0.478 e. The molecular weight excluding hydrogens is 202 g/mol. The first-order valence-electron chi connectivity index (χ1n) is 4.99. The van der Waals surface area contributed by atoms with Crippen LogP contribution < -0.4 is 5.32 Å². The lowest BCUT2D eigenvalue weighted by Crippen LogP contribution is -2.04. The minimum absolute atomic E-state index is 0.345. The summed E-state index contributed by atoms with van der Waals surface area (Å²) in [7, 11) is 0. The van der Waals surface area contributed by atoms with Crippen LogP contribution in [0.15, 0.2) is 36.5 Å². The number of anilines is 1. The first-order valence-corrected chi connectivity index (χ1v) is 4.99. The summed E-state index contributed by atoms with van der Waals surface area (Å²) in [5.41, 5.74) is 2.08. The van der Waals surface area contributed by atoms with Crippen molar-refractivity contribution in [2.24, 2.45) is 0 Å². The molecule has 3 heteroatoms. The molecule has 0 aliphatic carbocycles. The van der Waals surface area contributed by atoms with Crippen LogP contribution in [-0.4, -0.2) is 11.1 Å². The molecule has 2 N–H and O–H groups in total. The van der Waals surface area contributed by atoms with Gasteiger partial charge < -0.3 is 10.4 Å². The predicted octanol–water partition coefficient (Wildman–Crippen LogP) is 2.93. The molecule has 1 aliphatic heterocycles. The van der Waals surface area contributed by atoms with Crippen LogP contribution in [0.4, 0.5) is 5.69 Å². The van der Waals surface area contributed by atoms with Crippen LogP contribution in [0.25, 0.3) is 16.8 Å². The molecule has 1 heterocycles. The van der Waals surface area contributed by atoms with Crippen molar-refractivity contribution in [2.75, 3.05) is 5.32 Å². The first-order chi connectivity index (χ1) is 7.77. The van der Waals surface area contributed by atoms with Crippen LogP contribution in [0, 0.1) is 0 Å². The molecule has 1 aliphatic rings. The van der Waals surface area contributed by atoms with Gasteiger partial charge in [0.2, 0.25) is 0 Å². The van der Waals surface area contributed by atoms with Gasteiger partial charge in [0.25, 0.3) is 0 Å². The fraction of sp³-hybridized carbons (Fsp3) is 0. The Balaban J connectivity index is 2.49. The zero-order valence-electron chi connectivity index (χ0n) is 8.40. The van der Waals surface area contributed by atoms with Gasteiger partial charge in [0.05, 0.1) is 5.56 Å². The maximum atomic E-state index is 11.1. The number of aromatic carboxylic acids is 1. The van der Waals surface area contributed by atoms with E-state index >= 15 is 0 Å². The standard InChI is InChI=1S/C13H9NO2/c15-13(16)10-5-4-8-2-1-3-11-12(8)9(10)6-7-14-11/h1-7,14H,(H,15,16). The van der Waals surface area contributed by atoms with Crippen molar-refractivity contribution in [1.29, 1.82) is 0 Å². The second-order valence-electron chi connectivity index (χ2n) is 3.71. The predicted molar refractivity (Wildman–Crippen MR) is 63.6 cm³/mol. The Hall–Kier alpha value is -2.29. The summed E-state index contributed by atoms with van der Waals surface area (Å²) >= 11 is 0. The lowest BCUT2D eigenvalue weighted by atomic mass is 9.96. The smallest absolute Gasteiger partial charge is 0.336 e. The van der Waals surface area contributed by atoms with E-state index in [1.54, 1.807) is 18.3 Å². The molecule has 3 nitrogen and oxygen atoms in total. The monoisotopic (exact) mass is 211 g/mol. The maximum absolute atomic E-state index is 11.1. The summed E-state index contributed by atoms with van der Waals surface area (Å²) in [6, 6.07) is 9.37. The van der Waals surface area contributed by atoms with Crippen LogP contribution >= 0.6 is 0 Å². The van der Waals surface area contributed by atoms with Crippen molar-refractivity contribution >= 4 is 28.5 Å². The highest BCUT2D eigenvalue weighted by Crippen LogP contribution is 2.33. The Labute approximate surface area is 92.0 Å². The van der Waals surface area contributed by atoms with E-state index in [0.717, 1.165) is 22.0 Å². The molecule has 3 rings (SSSR count). The van der Waals surface area contributed by atoms with Crippen molar-refractivity contribution in [3.8, 4) is 0 Å². The van der Waals surface area contributed by atoms with Gasteiger partial charge in [-0.05, 0) is 23.6 Å². The maximum Gasteiger partial charge on any atom is 0.336 e. The normalized spacial score (nSPS) is 12.5. The van der Waals surface area contributed by atoms with Gasteiger partial charge >= 0.3 is 5.97 Å². The number of carboxylic acids is 1. The molecule has 16 heavy (non-hydrogen) atoms. The van der Waals surface area contributed by atoms with Crippen molar-refractivity contribution in [2.45, 2.75) is 0 Å². The molecule has 78 valence electrons. The summed E-state index contributed by atoms with van der Waals surface area (Å²) < 4.78 is 0. The van der Waals surface area contributed by atoms with Gasteiger partial charge in [0.15, 0.2) is 0 Å². The molecule has 2 aromatic carbocycles. The first kappa shape index (κ1) is 8.97. The number of hydrogen-bond acceptors (Lipinski definition) is 2. The van der Waals surface area contributed by atoms with Crippen molar-refractivity contribution in [3.05, 3.63) is 47.7 Å². The number of rotatable bonds is 1.